The van der Waals surface area contributed by atoms with Crippen molar-refractivity contribution >= 4 is 28.9 Å². The van der Waals surface area contributed by atoms with Crippen LogP contribution < -0.4 is 10.6 Å². The number of benzodiazepines with no additional fused rings is 1. The van der Waals surface area contributed by atoms with E-state index in [0.717, 1.165) is 22.5 Å². The monoisotopic (exact) mass is 313 g/mol. The molecule has 1 aliphatic rings. The van der Waals surface area contributed by atoms with Gasteiger partial charge in [0, 0.05) is 29.7 Å². The number of anilines is 1. The number of carbonyl (C=O) groups is 1. The van der Waals surface area contributed by atoms with Gasteiger partial charge in [0.05, 0.1) is 11.4 Å². The number of aliphatic imine (C=N–C) groups is 1. The highest BCUT2D eigenvalue weighted by Crippen LogP contribution is 2.29. The Bertz CT molecular complexity index is 743. The number of benzene rings is 2. The second-order valence-electron chi connectivity index (χ2n) is 5.15. The van der Waals surface area contributed by atoms with Crippen LogP contribution in [0.1, 0.15) is 11.1 Å². The first-order chi connectivity index (χ1) is 10.6. The first-order valence-electron chi connectivity index (χ1n) is 7.02. The Kier molecular flexibility index (Phi) is 3.96. The summed E-state index contributed by atoms with van der Waals surface area (Å²) in [6.45, 7) is 0.168. The molecule has 0 spiro atoms. The number of carbonyl (C=O) groups excluding carboxylic acids is 1. The molecular weight excluding hydrogens is 298 g/mol. The van der Waals surface area contributed by atoms with Crippen LogP contribution in [0.2, 0.25) is 5.02 Å². The third-order valence-corrected chi connectivity index (χ3v) is 3.98. The van der Waals surface area contributed by atoms with E-state index in [2.05, 4.69) is 4.99 Å². The van der Waals surface area contributed by atoms with Crippen LogP contribution in [0.3, 0.4) is 0 Å². The molecule has 2 N–H and O–H groups in total. The summed E-state index contributed by atoms with van der Waals surface area (Å²) in [6.07, 6.45) is 0. The molecule has 0 fully saturated rings. The molecule has 0 saturated carbocycles. The van der Waals surface area contributed by atoms with E-state index in [9.17, 15) is 4.79 Å². The molecule has 5 heteroatoms. The van der Waals surface area contributed by atoms with Gasteiger partial charge in [-0.1, -0.05) is 41.9 Å². The van der Waals surface area contributed by atoms with Crippen LogP contribution in [0.15, 0.2) is 53.5 Å². The maximum Gasteiger partial charge on any atom is 0.252 e. The third-order valence-electron chi connectivity index (χ3n) is 3.75. The van der Waals surface area contributed by atoms with Gasteiger partial charge in [-0.3, -0.25) is 9.79 Å². The summed E-state index contributed by atoms with van der Waals surface area (Å²) in [6, 6.07) is 14.6. The van der Waals surface area contributed by atoms with E-state index >= 15 is 0 Å². The maximum atomic E-state index is 12.5. The Balaban J connectivity index is 2.27. The number of halogens is 1. The normalized spacial score (nSPS) is 17.8. The number of nitrogens with two attached hydrogens (primary N) is 1. The van der Waals surface area contributed by atoms with Crippen LogP contribution in [0.25, 0.3) is 0 Å². The number of amides is 1. The van der Waals surface area contributed by atoms with E-state index in [1.807, 2.05) is 42.5 Å². The third kappa shape index (κ3) is 2.51. The van der Waals surface area contributed by atoms with Gasteiger partial charge in [-0.15, -0.1) is 0 Å². The molecule has 1 unspecified atom stereocenters. The summed E-state index contributed by atoms with van der Waals surface area (Å²) in [5, 5.41) is 0.606. The summed E-state index contributed by atoms with van der Waals surface area (Å²) < 4.78 is 0. The summed E-state index contributed by atoms with van der Waals surface area (Å²) in [5.41, 5.74) is 9.05. The van der Waals surface area contributed by atoms with Gasteiger partial charge in [0.1, 0.15) is 6.04 Å². The largest absolute Gasteiger partial charge is 0.328 e. The molecule has 1 heterocycles. The Morgan fingerprint density at radius 3 is 2.64 bits per heavy atom. The lowest BCUT2D eigenvalue weighted by molar-refractivity contribution is -0.119. The predicted molar refractivity (Wildman–Crippen MR) is 89.8 cm³/mol. The minimum atomic E-state index is -0.591. The summed E-state index contributed by atoms with van der Waals surface area (Å²) in [4.78, 5) is 18.7. The van der Waals surface area contributed by atoms with E-state index in [1.165, 1.54) is 0 Å². The fourth-order valence-corrected chi connectivity index (χ4v) is 2.76. The molecule has 0 aromatic heterocycles. The molecule has 0 bridgehead atoms. The Morgan fingerprint density at radius 1 is 1.23 bits per heavy atom. The highest BCUT2D eigenvalue weighted by atomic mass is 35.5. The molecule has 2 aromatic carbocycles. The van der Waals surface area contributed by atoms with Gasteiger partial charge in [0.25, 0.3) is 5.91 Å². The first-order valence-corrected chi connectivity index (χ1v) is 7.40. The lowest BCUT2D eigenvalue weighted by Crippen LogP contribution is -2.38. The minimum Gasteiger partial charge on any atom is -0.328 e. The van der Waals surface area contributed by atoms with Gasteiger partial charge in [-0.05, 0) is 18.2 Å². The van der Waals surface area contributed by atoms with Crippen molar-refractivity contribution in [1.82, 2.24) is 0 Å². The number of rotatable bonds is 2. The van der Waals surface area contributed by atoms with Crippen molar-refractivity contribution in [2.45, 2.75) is 6.04 Å². The van der Waals surface area contributed by atoms with E-state index in [-0.39, 0.29) is 12.5 Å². The number of hydrogen-bond acceptors (Lipinski definition) is 3. The molecule has 0 saturated heterocycles. The standard InChI is InChI=1S/C17H16ClN3O/c1-21-15-8-7-12(18)9-13(15)16(11-5-3-2-4-6-11)20-14(10-19)17(21)22/h2-9,14H,10,19H2,1H3. The lowest BCUT2D eigenvalue weighted by atomic mass is 10.0. The van der Waals surface area contributed by atoms with E-state index in [4.69, 9.17) is 17.3 Å². The second-order valence-corrected chi connectivity index (χ2v) is 5.59. The second kappa shape index (κ2) is 5.91. The summed E-state index contributed by atoms with van der Waals surface area (Å²) in [7, 11) is 1.74. The van der Waals surface area contributed by atoms with Gasteiger partial charge in [0.15, 0.2) is 0 Å². The van der Waals surface area contributed by atoms with Crippen molar-refractivity contribution in [3.8, 4) is 0 Å². The van der Waals surface area contributed by atoms with Crippen LogP contribution in [0, 0.1) is 0 Å². The fourth-order valence-electron chi connectivity index (χ4n) is 2.59. The van der Waals surface area contributed by atoms with Gasteiger partial charge in [-0.25, -0.2) is 0 Å². The summed E-state index contributed by atoms with van der Waals surface area (Å²) >= 11 is 6.15. The van der Waals surface area contributed by atoms with Crippen LogP contribution in [-0.2, 0) is 4.79 Å². The number of hydrogen-bond donors (Lipinski definition) is 1. The maximum absolute atomic E-state index is 12.5. The molecule has 1 amide bonds. The number of likely N-dealkylation sites (N-methyl/N-ethyl adjacent to an activating group) is 1. The molecule has 0 radical (unpaired) electrons. The zero-order valence-corrected chi connectivity index (χ0v) is 12.9. The predicted octanol–water partition coefficient (Wildman–Crippen LogP) is 2.48. The molecule has 22 heavy (non-hydrogen) atoms. The van der Waals surface area contributed by atoms with Crippen LogP contribution in [0.5, 0.6) is 0 Å². The highest BCUT2D eigenvalue weighted by molar-refractivity contribution is 6.32. The molecule has 2 aromatic rings. The molecular formula is C17H16ClN3O. The van der Waals surface area contributed by atoms with Gasteiger partial charge in [-0.2, -0.15) is 0 Å². The number of fused-ring (bicyclic) bond motifs is 1. The van der Waals surface area contributed by atoms with Crippen LogP contribution in [-0.4, -0.2) is 31.3 Å². The molecule has 0 aliphatic carbocycles. The zero-order valence-electron chi connectivity index (χ0n) is 12.2. The fraction of sp³-hybridized carbons (Fsp3) is 0.176. The molecule has 112 valence electrons. The Labute approximate surface area is 134 Å². The lowest BCUT2D eigenvalue weighted by Gasteiger charge is -2.19. The SMILES string of the molecule is CN1C(=O)C(CN)N=C(c2ccccc2)c2cc(Cl)ccc21. The van der Waals surface area contributed by atoms with Gasteiger partial charge >= 0.3 is 0 Å². The minimum absolute atomic E-state index is 0.114. The van der Waals surface area contributed by atoms with E-state index < -0.39 is 6.04 Å². The van der Waals surface area contributed by atoms with Crippen LogP contribution in [0.4, 0.5) is 5.69 Å². The van der Waals surface area contributed by atoms with Crippen molar-refractivity contribution in [3.63, 3.8) is 0 Å². The first kappa shape index (κ1) is 14.8. The van der Waals surface area contributed by atoms with Gasteiger partial charge < -0.3 is 10.6 Å². The Morgan fingerprint density at radius 2 is 1.95 bits per heavy atom. The molecule has 1 atom stereocenters. The molecule has 1 aliphatic heterocycles. The van der Waals surface area contributed by atoms with E-state index in [0.29, 0.717) is 5.02 Å². The number of nitrogens with zero attached hydrogens (tertiary/aromatic N) is 2. The smallest absolute Gasteiger partial charge is 0.252 e. The van der Waals surface area contributed by atoms with Gasteiger partial charge in [0.2, 0.25) is 0 Å². The van der Waals surface area contributed by atoms with Crippen LogP contribution >= 0.6 is 11.6 Å². The zero-order chi connectivity index (χ0) is 15.7. The van der Waals surface area contributed by atoms with Crippen molar-refractivity contribution < 1.29 is 4.79 Å². The molecule has 4 nitrogen and oxygen atoms in total. The van der Waals surface area contributed by atoms with E-state index in [1.54, 1.807) is 18.0 Å². The average molecular weight is 314 g/mol. The Hall–Kier alpha value is -2.17. The van der Waals surface area contributed by atoms with Crippen molar-refractivity contribution in [2.24, 2.45) is 10.7 Å². The topological polar surface area (TPSA) is 58.7 Å². The highest BCUT2D eigenvalue weighted by Gasteiger charge is 2.29. The molecule has 3 rings (SSSR count). The quantitative estimate of drug-likeness (QED) is 0.926. The summed E-state index contributed by atoms with van der Waals surface area (Å²) in [5.74, 6) is -0.114. The van der Waals surface area contributed by atoms with Crippen molar-refractivity contribution in [1.29, 1.82) is 0 Å². The average Bonchev–Trinajstić information content (AvgIpc) is 2.64. The van der Waals surface area contributed by atoms with Crippen molar-refractivity contribution in [3.05, 3.63) is 64.7 Å². The van der Waals surface area contributed by atoms with Crippen molar-refractivity contribution in [2.75, 3.05) is 18.5 Å².